The van der Waals surface area contributed by atoms with Crippen LogP contribution in [0.5, 0.6) is 0 Å². The number of hydrogen-bond donors (Lipinski definition) is 1. The topological polar surface area (TPSA) is 67.9 Å². The van der Waals surface area contributed by atoms with Crippen LogP contribution < -0.4 is 5.32 Å². The lowest BCUT2D eigenvalue weighted by molar-refractivity contribution is -0.121. The molecule has 1 aliphatic carbocycles. The number of nitrogens with one attached hydrogen (secondary N) is 1. The number of morpholine rings is 1. The maximum atomic E-state index is 12.6. The molecule has 1 aliphatic heterocycles. The summed E-state index contributed by atoms with van der Waals surface area (Å²) in [6.45, 7) is 8.03. The second-order valence-electron chi connectivity index (χ2n) is 7.55. The SMILES string of the molecule is COC(=O)c1c(NC(=O)CN2C[C@H](C)O[C@@H](C)C2)sc2c1CC[C@H](C)C2. The van der Waals surface area contributed by atoms with E-state index in [1.165, 1.54) is 23.3 Å². The standard InChI is InChI=1S/C19H28N2O4S/c1-11-5-6-14-15(7-11)26-18(17(14)19(23)24-4)20-16(22)10-21-8-12(2)25-13(3)9-21/h11-13H,5-10H2,1-4H3,(H,20,22)/t11-,12-,13-/m0/s1. The van der Waals surface area contributed by atoms with Crippen molar-refractivity contribution in [3.05, 3.63) is 16.0 Å². The van der Waals surface area contributed by atoms with Gasteiger partial charge < -0.3 is 14.8 Å². The van der Waals surface area contributed by atoms with Gasteiger partial charge in [0.2, 0.25) is 5.91 Å². The first-order valence-corrected chi connectivity index (χ1v) is 10.1. The van der Waals surface area contributed by atoms with Crippen LogP contribution in [0.1, 0.15) is 48.0 Å². The van der Waals surface area contributed by atoms with E-state index in [9.17, 15) is 9.59 Å². The maximum Gasteiger partial charge on any atom is 0.341 e. The first kappa shape index (κ1) is 19.3. The average molecular weight is 381 g/mol. The van der Waals surface area contributed by atoms with E-state index < -0.39 is 0 Å². The Labute approximate surface area is 158 Å². The molecule has 0 saturated carbocycles. The van der Waals surface area contributed by atoms with Crippen LogP contribution in [0.25, 0.3) is 0 Å². The molecule has 7 heteroatoms. The summed E-state index contributed by atoms with van der Waals surface area (Å²) in [6.07, 6.45) is 3.12. The van der Waals surface area contributed by atoms with Crippen LogP contribution in [0.15, 0.2) is 0 Å². The van der Waals surface area contributed by atoms with Gasteiger partial charge in [0, 0.05) is 18.0 Å². The zero-order valence-corrected chi connectivity index (χ0v) is 16.8. The molecule has 6 nitrogen and oxygen atoms in total. The van der Waals surface area contributed by atoms with E-state index in [0.29, 0.717) is 23.0 Å². The van der Waals surface area contributed by atoms with E-state index in [2.05, 4.69) is 17.1 Å². The summed E-state index contributed by atoms with van der Waals surface area (Å²) in [5, 5.41) is 3.61. The molecular weight excluding hydrogens is 352 g/mol. The van der Waals surface area contributed by atoms with E-state index in [1.54, 1.807) is 0 Å². The largest absolute Gasteiger partial charge is 0.465 e. The van der Waals surface area contributed by atoms with Gasteiger partial charge in [-0.2, -0.15) is 0 Å². The molecule has 1 amide bonds. The second kappa shape index (κ2) is 8.06. The number of methoxy groups -OCH3 is 1. The lowest BCUT2D eigenvalue weighted by atomic mass is 9.88. The second-order valence-corrected chi connectivity index (χ2v) is 8.65. The number of amides is 1. The van der Waals surface area contributed by atoms with Crippen molar-refractivity contribution in [2.45, 2.75) is 52.2 Å². The lowest BCUT2D eigenvalue weighted by Gasteiger charge is -2.34. The predicted octanol–water partition coefficient (Wildman–Crippen LogP) is 2.71. The van der Waals surface area contributed by atoms with Gasteiger partial charge in [0.15, 0.2) is 0 Å². The van der Waals surface area contributed by atoms with Gasteiger partial charge in [0.05, 0.1) is 31.4 Å². The number of hydrogen-bond acceptors (Lipinski definition) is 6. The van der Waals surface area contributed by atoms with Crippen LogP contribution in [-0.4, -0.2) is 55.7 Å². The molecule has 1 N–H and O–H groups in total. The molecule has 0 aromatic carbocycles. The number of fused-ring (bicyclic) bond motifs is 1. The molecule has 0 bridgehead atoms. The molecule has 2 heterocycles. The third-order valence-electron chi connectivity index (χ3n) is 5.02. The minimum Gasteiger partial charge on any atom is -0.465 e. The Morgan fingerprint density at radius 2 is 1.96 bits per heavy atom. The zero-order valence-electron chi connectivity index (χ0n) is 16.0. The van der Waals surface area contributed by atoms with Gasteiger partial charge in [-0.1, -0.05) is 6.92 Å². The van der Waals surface area contributed by atoms with Crippen molar-refractivity contribution in [2.24, 2.45) is 5.92 Å². The molecule has 0 radical (unpaired) electrons. The van der Waals surface area contributed by atoms with Gasteiger partial charge >= 0.3 is 5.97 Å². The fourth-order valence-corrected chi connectivity index (χ4v) is 5.35. The van der Waals surface area contributed by atoms with Crippen LogP contribution in [0.3, 0.4) is 0 Å². The third-order valence-corrected chi connectivity index (χ3v) is 6.19. The highest BCUT2D eigenvalue weighted by Crippen LogP contribution is 2.40. The van der Waals surface area contributed by atoms with E-state index in [0.717, 1.165) is 37.9 Å². The molecule has 2 aliphatic rings. The van der Waals surface area contributed by atoms with E-state index in [1.807, 2.05) is 13.8 Å². The van der Waals surface area contributed by atoms with E-state index in [4.69, 9.17) is 9.47 Å². The number of rotatable bonds is 4. The number of carbonyl (C=O) groups is 2. The van der Waals surface area contributed by atoms with Crippen LogP contribution >= 0.6 is 11.3 Å². The van der Waals surface area contributed by atoms with Crippen LogP contribution in [0.4, 0.5) is 5.00 Å². The van der Waals surface area contributed by atoms with E-state index in [-0.39, 0.29) is 24.1 Å². The van der Waals surface area contributed by atoms with Crippen molar-refractivity contribution < 1.29 is 19.1 Å². The maximum absolute atomic E-state index is 12.6. The Bertz CT molecular complexity index is 677. The predicted molar refractivity (Wildman–Crippen MR) is 102 cm³/mol. The molecule has 3 rings (SSSR count). The highest BCUT2D eigenvalue weighted by Gasteiger charge is 2.30. The molecule has 0 spiro atoms. The van der Waals surface area contributed by atoms with Gasteiger partial charge in [0.1, 0.15) is 5.00 Å². The molecule has 3 atom stereocenters. The molecule has 1 aromatic heterocycles. The van der Waals surface area contributed by atoms with Crippen LogP contribution in [0, 0.1) is 5.92 Å². The zero-order chi connectivity index (χ0) is 18.8. The quantitative estimate of drug-likeness (QED) is 0.814. The first-order valence-electron chi connectivity index (χ1n) is 9.27. The van der Waals surface area contributed by atoms with Crippen molar-refractivity contribution in [3.8, 4) is 0 Å². The Kier molecular flexibility index (Phi) is 5.99. The molecule has 0 unspecified atom stereocenters. The summed E-state index contributed by atoms with van der Waals surface area (Å²) in [7, 11) is 1.39. The number of thiophene rings is 1. The van der Waals surface area contributed by atoms with Crippen molar-refractivity contribution in [3.63, 3.8) is 0 Å². The summed E-state index contributed by atoms with van der Waals surface area (Å²) in [6, 6.07) is 0. The van der Waals surface area contributed by atoms with E-state index >= 15 is 0 Å². The third kappa shape index (κ3) is 4.27. The number of esters is 1. The molecule has 26 heavy (non-hydrogen) atoms. The molecular formula is C19H28N2O4S. The van der Waals surface area contributed by atoms with Crippen LogP contribution in [0.2, 0.25) is 0 Å². The Morgan fingerprint density at radius 1 is 1.27 bits per heavy atom. The summed E-state index contributed by atoms with van der Waals surface area (Å²) in [5.74, 6) is 0.149. The normalized spacial score (nSPS) is 26.2. The smallest absolute Gasteiger partial charge is 0.341 e. The fourth-order valence-electron chi connectivity index (χ4n) is 3.94. The monoisotopic (exact) mass is 380 g/mol. The highest BCUT2D eigenvalue weighted by molar-refractivity contribution is 7.17. The number of carbonyl (C=O) groups excluding carboxylic acids is 2. The van der Waals surface area contributed by atoms with Crippen molar-refractivity contribution in [1.82, 2.24) is 4.90 Å². The minimum atomic E-state index is -0.360. The van der Waals surface area contributed by atoms with Gasteiger partial charge in [-0.15, -0.1) is 11.3 Å². The fraction of sp³-hybridized carbons (Fsp3) is 0.684. The van der Waals surface area contributed by atoms with Crippen molar-refractivity contribution in [2.75, 3.05) is 32.1 Å². The first-order chi connectivity index (χ1) is 12.4. The molecule has 1 saturated heterocycles. The summed E-state index contributed by atoms with van der Waals surface area (Å²) in [4.78, 5) is 28.2. The summed E-state index contributed by atoms with van der Waals surface area (Å²) in [5.41, 5.74) is 1.61. The molecule has 1 fully saturated rings. The Morgan fingerprint density at radius 3 is 2.62 bits per heavy atom. The summed E-state index contributed by atoms with van der Waals surface area (Å²) >= 11 is 1.52. The van der Waals surface area contributed by atoms with Gasteiger partial charge in [-0.3, -0.25) is 9.69 Å². The Balaban J connectivity index is 1.74. The van der Waals surface area contributed by atoms with Crippen LogP contribution in [-0.2, 0) is 27.1 Å². The lowest BCUT2D eigenvalue weighted by Crippen LogP contribution is -2.48. The van der Waals surface area contributed by atoms with Gasteiger partial charge in [-0.05, 0) is 44.6 Å². The Hall–Kier alpha value is -1.44. The average Bonchev–Trinajstić information content (AvgIpc) is 2.89. The molecule has 144 valence electrons. The highest BCUT2D eigenvalue weighted by atomic mass is 32.1. The minimum absolute atomic E-state index is 0.0944. The van der Waals surface area contributed by atoms with Gasteiger partial charge in [0.25, 0.3) is 0 Å². The number of nitrogens with zero attached hydrogens (tertiary/aromatic N) is 1. The summed E-state index contributed by atoms with van der Waals surface area (Å²) < 4.78 is 10.7. The molecule has 1 aromatic rings. The van der Waals surface area contributed by atoms with Crippen molar-refractivity contribution in [1.29, 1.82) is 0 Å². The number of anilines is 1. The van der Waals surface area contributed by atoms with Crippen molar-refractivity contribution >= 4 is 28.2 Å². The van der Waals surface area contributed by atoms with Gasteiger partial charge in [-0.25, -0.2) is 4.79 Å². The number of ether oxygens (including phenoxy) is 2.